The summed E-state index contributed by atoms with van der Waals surface area (Å²) >= 11 is 0. The number of unbranched alkanes of at least 4 members (excludes halogenated alkanes) is 1. The van der Waals surface area contributed by atoms with Crippen molar-refractivity contribution in [2.75, 3.05) is 6.54 Å². The Kier molecular flexibility index (Phi) is 12.2. The highest BCUT2D eigenvalue weighted by Crippen LogP contribution is 2.07. The quantitative estimate of drug-likeness (QED) is 0.141. The molecular weight excluding hydrogens is 444 g/mol. The lowest BCUT2D eigenvalue weighted by Crippen LogP contribution is -2.57. The van der Waals surface area contributed by atoms with Gasteiger partial charge in [-0.05, 0) is 38.3 Å². The fourth-order valence-electron chi connectivity index (χ4n) is 3.07. The molecule has 0 radical (unpaired) electrons. The number of nitrogens with one attached hydrogen (secondary N) is 3. The minimum atomic E-state index is -1.56. The third-order valence-corrected chi connectivity index (χ3v) is 4.93. The van der Waals surface area contributed by atoms with Crippen molar-refractivity contribution in [2.45, 2.75) is 63.2 Å². The summed E-state index contributed by atoms with van der Waals surface area (Å²) in [5.41, 5.74) is 16.9. The maximum atomic E-state index is 13.0. The van der Waals surface area contributed by atoms with E-state index in [2.05, 4.69) is 16.0 Å². The molecule has 12 heteroatoms. The van der Waals surface area contributed by atoms with Crippen molar-refractivity contribution in [3.63, 3.8) is 0 Å². The highest BCUT2D eigenvalue weighted by atomic mass is 16.4. The van der Waals surface area contributed by atoms with Crippen LogP contribution in [-0.4, -0.2) is 65.4 Å². The fourth-order valence-corrected chi connectivity index (χ4v) is 3.07. The molecule has 1 aromatic carbocycles. The van der Waals surface area contributed by atoms with Gasteiger partial charge in [-0.3, -0.25) is 19.2 Å². The van der Waals surface area contributed by atoms with Crippen molar-refractivity contribution >= 4 is 29.6 Å². The van der Waals surface area contributed by atoms with Crippen LogP contribution in [0.25, 0.3) is 0 Å². The second-order valence-corrected chi connectivity index (χ2v) is 7.96. The summed E-state index contributed by atoms with van der Waals surface area (Å²) in [7, 11) is 0. The lowest BCUT2D eigenvalue weighted by atomic mass is 10.0. The van der Waals surface area contributed by atoms with Crippen LogP contribution in [0.15, 0.2) is 30.3 Å². The molecule has 10 N–H and O–H groups in total. The first-order valence-electron chi connectivity index (χ1n) is 11.0. The Bertz CT molecular complexity index is 848. The molecule has 0 spiro atoms. The minimum absolute atomic E-state index is 0.0398. The molecule has 4 amide bonds. The largest absolute Gasteiger partial charge is 0.480 e. The van der Waals surface area contributed by atoms with Crippen LogP contribution in [-0.2, 0) is 30.4 Å². The highest BCUT2D eigenvalue weighted by Gasteiger charge is 2.30. The number of carboxylic acid groups (broad SMARTS) is 1. The van der Waals surface area contributed by atoms with Crippen LogP contribution in [0.1, 0.15) is 38.2 Å². The molecule has 0 aliphatic heterocycles. The second-order valence-electron chi connectivity index (χ2n) is 7.96. The van der Waals surface area contributed by atoms with E-state index in [1.165, 1.54) is 6.92 Å². The molecule has 0 saturated heterocycles. The number of carbonyl (C=O) groups is 5. The number of rotatable bonds is 15. The number of aliphatic carboxylic acids is 1. The Morgan fingerprint density at radius 1 is 0.882 bits per heavy atom. The topological polar surface area (TPSA) is 220 Å². The number of hydrogen-bond donors (Lipinski definition) is 7. The minimum Gasteiger partial charge on any atom is -0.480 e. The summed E-state index contributed by atoms with van der Waals surface area (Å²) < 4.78 is 0. The van der Waals surface area contributed by atoms with E-state index in [1.807, 2.05) is 0 Å². The third kappa shape index (κ3) is 10.4. The third-order valence-electron chi connectivity index (χ3n) is 4.93. The number of nitrogens with two attached hydrogens (primary N) is 3. The predicted molar refractivity (Wildman–Crippen MR) is 124 cm³/mol. The smallest absolute Gasteiger partial charge is 0.326 e. The molecule has 0 aliphatic carbocycles. The van der Waals surface area contributed by atoms with Crippen molar-refractivity contribution in [1.29, 1.82) is 0 Å². The van der Waals surface area contributed by atoms with Crippen LogP contribution in [0.5, 0.6) is 0 Å². The second kappa shape index (κ2) is 14.6. The molecule has 4 unspecified atom stereocenters. The van der Waals surface area contributed by atoms with E-state index in [-0.39, 0.29) is 12.8 Å². The van der Waals surface area contributed by atoms with E-state index in [1.54, 1.807) is 30.3 Å². The summed E-state index contributed by atoms with van der Waals surface area (Å²) in [5, 5.41) is 16.7. The van der Waals surface area contributed by atoms with Gasteiger partial charge >= 0.3 is 5.97 Å². The van der Waals surface area contributed by atoms with Gasteiger partial charge < -0.3 is 38.3 Å². The van der Waals surface area contributed by atoms with Crippen LogP contribution in [0.3, 0.4) is 0 Å². The van der Waals surface area contributed by atoms with Gasteiger partial charge in [0.15, 0.2) is 0 Å². The molecule has 1 aromatic rings. The van der Waals surface area contributed by atoms with Crippen molar-refractivity contribution in [3.05, 3.63) is 35.9 Å². The van der Waals surface area contributed by atoms with Crippen molar-refractivity contribution in [1.82, 2.24) is 16.0 Å². The Balaban J connectivity index is 3.09. The molecule has 188 valence electrons. The van der Waals surface area contributed by atoms with E-state index in [4.69, 9.17) is 17.2 Å². The first kappa shape index (κ1) is 28.5. The molecule has 34 heavy (non-hydrogen) atoms. The molecule has 0 saturated carbocycles. The summed E-state index contributed by atoms with van der Waals surface area (Å²) in [6.07, 6.45) is 0.861. The van der Waals surface area contributed by atoms with Gasteiger partial charge in [0.1, 0.15) is 18.1 Å². The maximum Gasteiger partial charge on any atom is 0.326 e. The molecule has 0 bridgehead atoms. The average molecular weight is 479 g/mol. The molecule has 0 aromatic heterocycles. The number of benzene rings is 1. The lowest BCUT2D eigenvalue weighted by molar-refractivity contribution is -0.143. The van der Waals surface area contributed by atoms with Crippen molar-refractivity contribution < 1.29 is 29.1 Å². The molecule has 0 heterocycles. The van der Waals surface area contributed by atoms with Crippen molar-refractivity contribution in [3.8, 4) is 0 Å². The van der Waals surface area contributed by atoms with E-state index >= 15 is 0 Å². The van der Waals surface area contributed by atoms with Gasteiger partial charge in [0, 0.05) is 6.42 Å². The zero-order valence-corrected chi connectivity index (χ0v) is 19.2. The summed E-state index contributed by atoms with van der Waals surface area (Å²) in [6, 6.07) is 4.18. The van der Waals surface area contributed by atoms with Crippen LogP contribution in [0.4, 0.5) is 0 Å². The maximum absolute atomic E-state index is 13.0. The highest BCUT2D eigenvalue weighted by molar-refractivity contribution is 5.95. The Hall–Kier alpha value is -3.51. The van der Waals surface area contributed by atoms with E-state index in [0.717, 1.165) is 0 Å². The number of carboxylic acids is 1. The van der Waals surface area contributed by atoms with Gasteiger partial charge in [-0.15, -0.1) is 0 Å². The first-order chi connectivity index (χ1) is 16.0. The zero-order chi connectivity index (χ0) is 25.7. The van der Waals surface area contributed by atoms with Gasteiger partial charge in [-0.1, -0.05) is 30.3 Å². The molecule has 12 nitrogen and oxygen atoms in total. The molecule has 0 aliphatic rings. The normalized spacial score (nSPS) is 14.2. The first-order valence-corrected chi connectivity index (χ1v) is 11.0. The number of carbonyl (C=O) groups excluding carboxylic acids is 4. The molecule has 0 fully saturated rings. The number of hydrogen-bond acceptors (Lipinski definition) is 7. The van der Waals surface area contributed by atoms with Gasteiger partial charge in [0.2, 0.25) is 23.6 Å². The van der Waals surface area contributed by atoms with Crippen LogP contribution < -0.4 is 33.2 Å². The Morgan fingerprint density at radius 2 is 1.44 bits per heavy atom. The van der Waals surface area contributed by atoms with Gasteiger partial charge in [-0.2, -0.15) is 0 Å². The summed E-state index contributed by atoms with van der Waals surface area (Å²) in [6.45, 7) is 1.88. The Morgan fingerprint density at radius 3 is 1.97 bits per heavy atom. The lowest BCUT2D eigenvalue weighted by Gasteiger charge is -2.25. The van der Waals surface area contributed by atoms with E-state index in [0.29, 0.717) is 24.9 Å². The van der Waals surface area contributed by atoms with Crippen LogP contribution >= 0.6 is 0 Å². The Labute approximate surface area is 198 Å². The van der Waals surface area contributed by atoms with E-state index in [9.17, 15) is 29.1 Å². The summed E-state index contributed by atoms with van der Waals surface area (Å²) in [5.74, 6) is -4.34. The molecule has 4 atom stereocenters. The predicted octanol–water partition coefficient (Wildman–Crippen LogP) is -1.88. The van der Waals surface area contributed by atoms with Gasteiger partial charge in [0.25, 0.3) is 0 Å². The van der Waals surface area contributed by atoms with E-state index < -0.39 is 60.2 Å². The molecular formula is C22H34N6O6. The average Bonchev–Trinajstić information content (AvgIpc) is 2.77. The molecule has 1 rings (SSSR count). The summed E-state index contributed by atoms with van der Waals surface area (Å²) in [4.78, 5) is 60.7. The SMILES string of the molecule is CC(N)C(=O)NC(CCCCN)C(=O)NC(Cc1ccccc1)C(=O)NC(CC(N)=O)C(=O)O. The zero-order valence-electron chi connectivity index (χ0n) is 19.2. The fraction of sp³-hybridized carbons (Fsp3) is 0.500. The van der Waals surface area contributed by atoms with Gasteiger partial charge in [-0.25, -0.2) is 4.79 Å². The van der Waals surface area contributed by atoms with Crippen LogP contribution in [0.2, 0.25) is 0 Å². The number of primary amides is 1. The van der Waals surface area contributed by atoms with Crippen molar-refractivity contribution in [2.24, 2.45) is 17.2 Å². The van der Waals surface area contributed by atoms with Gasteiger partial charge in [0.05, 0.1) is 12.5 Å². The standard InChI is InChI=1S/C22H34N6O6/c1-13(24)19(30)26-15(9-5-6-10-23)20(31)27-16(11-14-7-3-2-4-8-14)21(32)28-17(22(33)34)12-18(25)29/h2-4,7-8,13,15-17H,5-6,9-12,23-24H2,1H3,(H2,25,29)(H,26,30)(H,27,31)(H,28,32)(H,33,34). The van der Waals surface area contributed by atoms with Crippen LogP contribution in [0, 0.1) is 0 Å². The monoisotopic (exact) mass is 478 g/mol. The number of amides is 4.